The van der Waals surface area contributed by atoms with Crippen LogP contribution < -0.4 is 11.3 Å². The smallest absolute Gasteiger partial charge is 0.241 e. The number of hydrogen-bond acceptors (Lipinski definition) is 3. The molecule has 1 atom stereocenters. The van der Waals surface area contributed by atoms with Crippen molar-refractivity contribution in [3.05, 3.63) is 35.4 Å². The summed E-state index contributed by atoms with van der Waals surface area (Å²) in [6, 6.07) is 8.76. The first-order chi connectivity index (χ1) is 9.85. The second kappa shape index (κ2) is 8.15. The Hall–Kier alpha value is -1.39. The van der Waals surface area contributed by atoms with Crippen LogP contribution in [-0.4, -0.2) is 23.4 Å². The first-order valence-corrected chi connectivity index (χ1v) is 7.68. The first-order valence-electron chi connectivity index (χ1n) is 7.68. The number of hydrogen-bond donors (Lipinski definition) is 2. The molecule has 3 N–H and O–H groups in total. The first kappa shape index (κ1) is 17.7. The van der Waals surface area contributed by atoms with E-state index >= 15 is 0 Å². The van der Waals surface area contributed by atoms with Crippen molar-refractivity contribution in [2.75, 3.05) is 6.54 Å². The normalized spacial score (nSPS) is 13.0. The summed E-state index contributed by atoms with van der Waals surface area (Å²) in [7, 11) is 0. The Morgan fingerprint density at radius 2 is 1.71 bits per heavy atom. The van der Waals surface area contributed by atoms with Gasteiger partial charge in [0.15, 0.2) is 0 Å². The van der Waals surface area contributed by atoms with Crippen molar-refractivity contribution in [1.29, 1.82) is 0 Å². The number of nitrogens with one attached hydrogen (secondary N) is 1. The van der Waals surface area contributed by atoms with E-state index in [9.17, 15) is 4.79 Å². The van der Waals surface area contributed by atoms with E-state index in [-0.39, 0.29) is 11.8 Å². The third kappa shape index (κ3) is 5.48. The van der Waals surface area contributed by atoms with Crippen molar-refractivity contribution in [2.24, 2.45) is 11.8 Å². The van der Waals surface area contributed by atoms with Gasteiger partial charge >= 0.3 is 0 Å². The van der Waals surface area contributed by atoms with Crippen molar-refractivity contribution >= 4 is 5.91 Å². The minimum absolute atomic E-state index is 0.161. The van der Waals surface area contributed by atoms with Crippen molar-refractivity contribution < 1.29 is 4.79 Å². The van der Waals surface area contributed by atoms with Gasteiger partial charge in [0.1, 0.15) is 0 Å². The number of hydrazine groups is 1. The molecule has 4 nitrogen and oxygen atoms in total. The molecule has 1 unspecified atom stereocenters. The third-order valence-corrected chi connectivity index (χ3v) is 3.73. The summed E-state index contributed by atoms with van der Waals surface area (Å²) in [5, 5.41) is 0. The highest BCUT2D eigenvalue weighted by molar-refractivity contribution is 5.82. The molecule has 0 saturated carbocycles. The van der Waals surface area contributed by atoms with Gasteiger partial charge in [-0.1, -0.05) is 38.1 Å². The van der Waals surface area contributed by atoms with E-state index in [0.29, 0.717) is 12.0 Å². The van der Waals surface area contributed by atoms with Crippen molar-refractivity contribution in [3.8, 4) is 0 Å². The van der Waals surface area contributed by atoms with E-state index in [4.69, 9.17) is 5.84 Å². The number of benzene rings is 1. The van der Waals surface area contributed by atoms with Crippen LogP contribution in [0.4, 0.5) is 0 Å². The molecule has 0 spiro atoms. The van der Waals surface area contributed by atoms with E-state index < -0.39 is 0 Å². The third-order valence-electron chi connectivity index (χ3n) is 3.73. The Labute approximate surface area is 128 Å². The summed E-state index contributed by atoms with van der Waals surface area (Å²) in [6.45, 7) is 12.8. The summed E-state index contributed by atoms with van der Waals surface area (Å²) in [5.41, 5.74) is 4.46. The van der Waals surface area contributed by atoms with Crippen molar-refractivity contribution in [2.45, 2.75) is 53.1 Å². The van der Waals surface area contributed by atoms with Gasteiger partial charge in [0, 0.05) is 19.1 Å². The molecule has 1 amide bonds. The van der Waals surface area contributed by atoms with E-state index in [1.165, 1.54) is 5.56 Å². The fraction of sp³-hybridized carbons (Fsp3) is 0.588. The Morgan fingerprint density at radius 1 is 1.14 bits per heavy atom. The van der Waals surface area contributed by atoms with Crippen LogP contribution in [0.2, 0.25) is 0 Å². The minimum atomic E-state index is -0.221. The second-order valence-corrected chi connectivity index (χ2v) is 6.39. The number of rotatable bonds is 7. The van der Waals surface area contributed by atoms with Gasteiger partial charge in [-0.05, 0) is 37.8 Å². The molecule has 0 aliphatic rings. The molecule has 0 aliphatic carbocycles. The number of carbonyl (C=O) groups is 1. The monoisotopic (exact) mass is 291 g/mol. The molecule has 1 aromatic carbocycles. The van der Waals surface area contributed by atoms with Gasteiger partial charge in [0.2, 0.25) is 5.91 Å². The van der Waals surface area contributed by atoms with Crippen molar-refractivity contribution in [3.63, 3.8) is 0 Å². The second-order valence-electron chi connectivity index (χ2n) is 6.39. The maximum atomic E-state index is 11.5. The quantitative estimate of drug-likeness (QED) is 0.461. The zero-order valence-corrected chi connectivity index (χ0v) is 13.9. The molecule has 0 saturated heterocycles. The van der Waals surface area contributed by atoms with Crippen LogP contribution in [0.3, 0.4) is 0 Å². The molecule has 4 heteroatoms. The van der Waals surface area contributed by atoms with Crippen LogP contribution in [-0.2, 0) is 11.3 Å². The molecular formula is C17H29N3O. The molecule has 0 bridgehead atoms. The minimum Gasteiger partial charge on any atom is -0.296 e. The van der Waals surface area contributed by atoms with Gasteiger partial charge in [0.05, 0.1) is 5.92 Å². The van der Waals surface area contributed by atoms with Crippen LogP contribution in [0.5, 0.6) is 0 Å². The van der Waals surface area contributed by atoms with Crippen LogP contribution in [0.25, 0.3) is 0 Å². The van der Waals surface area contributed by atoms with Crippen LogP contribution in [0.15, 0.2) is 24.3 Å². The standard InChI is InChI=1S/C17H29N3O/c1-12(2)10-20(13(3)4)11-15-6-8-16(9-7-15)14(5)17(21)19-18/h6-9,12-14H,10-11,18H2,1-5H3,(H,19,21). The zero-order valence-electron chi connectivity index (χ0n) is 13.9. The van der Waals surface area contributed by atoms with Crippen LogP contribution >= 0.6 is 0 Å². The lowest BCUT2D eigenvalue weighted by Gasteiger charge is -2.28. The molecule has 118 valence electrons. The largest absolute Gasteiger partial charge is 0.296 e. The maximum absolute atomic E-state index is 11.5. The average molecular weight is 291 g/mol. The molecule has 0 heterocycles. The Kier molecular flexibility index (Phi) is 6.85. The molecule has 0 fully saturated rings. The summed E-state index contributed by atoms with van der Waals surface area (Å²) in [6.07, 6.45) is 0. The average Bonchev–Trinajstić information content (AvgIpc) is 2.45. The number of nitrogens with zero attached hydrogens (tertiary/aromatic N) is 1. The van der Waals surface area contributed by atoms with Gasteiger partial charge in [-0.2, -0.15) is 0 Å². The summed E-state index contributed by atoms with van der Waals surface area (Å²) in [4.78, 5) is 14.0. The lowest BCUT2D eigenvalue weighted by atomic mass is 9.99. The van der Waals surface area contributed by atoms with Crippen LogP contribution in [0.1, 0.15) is 51.7 Å². The lowest BCUT2D eigenvalue weighted by molar-refractivity contribution is -0.122. The number of amides is 1. The highest BCUT2D eigenvalue weighted by Gasteiger charge is 2.15. The van der Waals surface area contributed by atoms with E-state index in [1.807, 2.05) is 19.1 Å². The lowest BCUT2D eigenvalue weighted by Crippen LogP contribution is -2.34. The molecule has 0 aliphatic heterocycles. The summed E-state index contributed by atoms with van der Waals surface area (Å²) >= 11 is 0. The Bertz CT molecular complexity index is 440. The Balaban J connectivity index is 2.75. The summed E-state index contributed by atoms with van der Waals surface area (Å²) in [5.74, 6) is 5.45. The highest BCUT2D eigenvalue weighted by atomic mass is 16.2. The topological polar surface area (TPSA) is 58.4 Å². The fourth-order valence-corrected chi connectivity index (χ4v) is 2.35. The predicted octanol–water partition coefficient (Wildman–Crippen LogP) is 2.65. The van der Waals surface area contributed by atoms with Crippen LogP contribution in [0, 0.1) is 5.92 Å². The van der Waals surface area contributed by atoms with E-state index in [2.05, 4.69) is 50.2 Å². The number of nitrogens with two attached hydrogens (primary N) is 1. The molecule has 1 rings (SSSR count). The van der Waals surface area contributed by atoms with E-state index in [0.717, 1.165) is 18.7 Å². The molecule has 1 aromatic rings. The van der Waals surface area contributed by atoms with Gasteiger partial charge in [-0.3, -0.25) is 15.1 Å². The van der Waals surface area contributed by atoms with Gasteiger partial charge in [-0.15, -0.1) is 0 Å². The molecule has 0 aromatic heterocycles. The highest BCUT2D eigenvalue weighted by Crippen LogP contribution is 2.17. The predicted molar refractivity (Wildman–Crippen MR) is 87.6 cm³/mol. The maximum Gasteiger partial charge on any atom is 0.241 e. The Morgan fingerprint density at radius 3 is 2.14 bits per heavy atom. The number of carbonyl (C=O) groups excluding carboxylic acids is 1. The fourth-order valence-electron chi connectivity index (χ4n) is 2.35. The van der Waals surface area contributed by atoms with Crippen molar-refractivity contribution in [1.82, 2.24) is 10.3 Å². The van der Waals surface area contributed by atoms with E-state index in [1.54, 1.807) is 0 Å². The molecular weight excluding hydrogens is 262 g/mol. The van der Waals surface area contributed by atoms with Gasteiger partial charge < -0.3 is 0 Å². The SMILES string of the molecule is CC(C)CN(Cc1ccc(C(C)C(=O)NN)cc1)C(C)C. The van der Waals surface area contributed by atoms with Gasteiger partial charge in [0.25, 0.3) is 0 Å². The zero-order chi connectivity index (χ0) is 16.0. The molecule has 0 radical (unpaired) electrons. The van der Waals surface area contributed by atoms with Gasteiger partial charge in [-0.25, -0.2) is 5.84 Å². The summed E-state index contributed by atoms with van der Waals surface area (Å²) < 4.78 is 0. The molecule has 21 heavy (non-hydrogen) atoms.